The Hall–Kier alpha value is -11.3. The maximum Gasteiger partial charge on any atom is 0.416 e. The van der Waals surface area contributed by atoms with Gasteiger partial charge in [-0.1, -0.05) is 419 Å². The predicted octanol–water partition coefficient (Wildman–Crippen LogP) is 32.8. The van der Waals surface area contributed by atoms with Crippen molar-refractivity contribution in [3.05, 3.63) is 457 Å². The van der Waals surface area contributed by atoms with Gasteiger partial charge in [0.2, 0.25) is 0 Å². The van der Waals surface area contributed by atoms with Gasteiger partial charge in [0.15, 0.2) is 0 Å². The summed E-state index contributed by atoms with van der Waals surface area (Å²) in [5.74, 6) is 1.31. The number of thiophene rings is 1. The third-order valence-electron chi connectivity index (χ3n) is 20.0. The Morgan fingerprint density at radius 2 is 0.726 bits per heavy atom. The second kappa shape index (κ2) is 58.0. The Balaban J connectivity index is 0.000000285. The van der Waals surface area contributed by atoms with E-state index in [4.69, 9.17) is 10.2 Å². The van der Waals surface area contributed by atoms with Crippen molar-refractivity contribution in [1.82, 2.24) is 4.98 Å². The highest BCUT2D eigenvalue weighted by Crippen LogP contribution is 2.30. The van der Waals surface area contributed by atoms with Crippen LogP contribution in [0.2, 0.25) is 0 Å². The number of aliphatic hydroxyl groups is 2. The molecule has 2 aromatic heterocycles. The molecule has 14 aromatic rings. The first-order chi connectivity index (χ1) is 59.1. The van der Waals surface area contributed by atoms with Crippen LogP contribution < -0.4 is 4.90 Å². The summed E-state index contributed by atoms with van der Waals surface area (Å²) in [5.41, 5.74) is 30.0. The lowest BCUT2D eigenvalue weighted by molar-refractivity contribution is -0.137. The largest absolute Gasteiger partial charge is 0.416 e. The number of anilines is 1. The van der Waals surface area contributed by atoms with E-state index >= 15 is 0 Å². The summed E-state index contributed by atoms with van der Waals surface area (Å²) in [6, 6.07) is 107. The Kier molecular flexibility index (Phi) is 49.1. The molecule has 1 aliphatic rings. The topological polar surface area (TPSA) is 56.6 Å². The Morgan fingerprint density at radius 1 is 0.363 bits per heavy atom. The van der Waals surface area contributed by atoms with Crippen molar-refractivity contribution in [3.8, 4) is 21.6 Å². The van der Waals surface area contributed by atoms with Crippen LogP contribution in [-0.4, -0.2) is 28.3 Å². The molecule has 1 fully saturated rings. The molecule has 1 saturated heterocycles. The summed E-state index contributed by atoms with van der Waals surface area (Å²) >= 11 is 1.78. The van der Waals surface area contributed by atoms with Crippen molar-refractivity contribution in [2.24, 2.45) is 0 Å². The van der Waals surface area contributed by atoms with Crippen molar-refractivity contribution in [3.63, 3.8) is 0 Å². The van der Waals surface area contributed by atoms with Crippen LogP contribution in [0, 0.1) is 90.0 Å². The standard InChI is InChI=1S/C12H11N.C12H17N.C11H10S.C11H16.2C10H14.C9H12.C9H10.C8H7F3.2C8H10O.C8H10/c1-10-3-2-4-12(9-10)11-5-7-13-8-6-11;1-11-5-7-12(8-6-11)13-9-3-2-4-10-13;1-9-4-2-5-10(8-9)11-6-3-7-12-11;1-9-5-7-10(8-6-9)11(2,3)4;2*1-8(2)10-6-4-9(3)5-7-10;2*1-3-9-6-4-8(2)5-7-9;1-6-3-2-4-7(5-6)8(9,10)11;1-7-2-4-8(6-9)5-3-7;1-7-3-2-4-8(5-7)6-9;1-7-3-5-8(2)6-4-7/h2-9H,1H3;5-8H,2-4,9-10H2,1H3;2-8H,1H3;5-8H,1-4H3;2*4-8H,1-3H3;4-7H,3H2,1-2H3;3-7H,1H2,2H3;2-5H,1H3;2*2-5,9H,6H2,1H3;3-6H,1-2H3. The molecule has 1 aliphatic heterocycles. The number of aliphatic hydroxyl groups excluding tert-OH is 2. The van der Waals surface area contributed by atoms with E-state index in [1.807, 2.05) is 93.0 Å². The molecule has 0 atom stereocenters. The summed E-state index contributed by atoms with van der Waals surface area (Å²) in [6.07, 6.45) is 6.52. The molecule has 0 radical (unpaired) electrons. The second-order valence-electron chi connectivity index (χ2n) is 33.3. The number of pyridine rings is 1. The summed E-state index contributed by atoms with van der Waals surface area (Å²) < 4.78 is 35.9. The van der Waals surface area contributed by atoms with Gasteiger partial charge < -0.3 is 15.1 Å². The zero-order valence-corrected chi connectivity index (χ0v) is 79.0. The minimum atomic E-state index is -4.22. The van der Waals surface area contributed by atoms with Gasteiger partial charge in [-0.05, 0) is 230 Å². The van der Waals surface area contributed by atoms with Gasteiger partial charge in [-0.3, -0.25) is 4.98 Å². The average Bonchev–Trinajstić information content (AvgIpc) is 1.53. The smallest absolute Gasteiger partial charge is 0.392 e. The second-order valence-corrected chi connectivity index (χ2v) is 34.3. The van der Waals surface area contributed by atoms with E-state index < -0.39 is 11.7 Å². The van der Waals surface area contributed by atoms with Crippen LogP contribution in [0.1, 0.15) is 203 Å². The summed E-state index contributed by atoms with van der Waals surface area (Å²) in [6.45, 7) is 50.9. The van der Waals surface area contributed by atoms with Crippen LogP contribution in [0.25, 0.3) is 27.6 Å². The number of alkyl halides is 3. The number of hydrogen-bond acceptors (Lipinski definition) is 5. The van der Waals surface area contributed by atoms with E-state index in [0.29, 0.717) is 17.4 Å². The number of aromatic nitrogens is 1. The average molecular weight is 1680 g/mol. The molecule has 0 bridgehead atoms. The van der Waals surface area contributed by atoms with Gasteiger partial charge in [-0.25, -0.2) is 0 Å². The van der Waals surface area contributed by atoms with Crippen molar-refractivity contribution < 1.29 is 23.4 Å². The zero-order chi connectivity index (χ0) is 91.4. The third-order valence-corrected chi connectivity index (χ3v) is 20.9. The van der Waals surface area contributed by atoms with E-state index in [0.717, 1.165) is 29.7 Å². The molecular weight excluding hydrogens is 1540 g/mol. The minimum absolute atomic E-state index is 0.139. The first-order valence-corrected chi connectivity index (χ1v) is 44.3. The molecule has 0 spiro atoms. The minimum Gasteiger partial charge on any atom is -0.392 e. The van der Waals surface area contributed by atoms with E-state index in [2.05, 4.69) is 377 Å². The summed E-state index contributed by atoms with van der Waals surface area (Å²) in [4.78, 5) is 7.83. The molecule has 4 nitrogen and oxygen atoms in total. The molecule has 8 heteroatoms. The summed E-state index contributed by atoms with van der Waals surface area (Å²) in [5, 5.41) is 19.4. The normalized spacial score (nSPS) is 10.9. The van der Waals surface area contributed by atoms with Gasteiger partial charge >= 0.3 is 6.18 Å². The third kappa shape index (κ3) is 45.2. The fraction of sp³-hybridized carbons (Fsp3) is 0.284. The molecule has 15 rings (SSSR count). The van der Waals surface area contributed by atoms with Crippen molar-refractivity contribution in [2.75, 3.05) is 18.0 Å². The molecule has 3 heterocycles. The SMILES string of the molecule is C=Cc1ccc(C)cc1.CCc1ccc(C)cc1.Cc1ccc(C(C)(C)C)cc1.Cc1ccc(C(C)C)cc1.Cc1ccc(C(C)C)cc1.Cc1ccc(C)cc1.Cc1ccc(CO)cc1.Cc1ccc(N2CCCCC2)cc1.Cc1cccc(-c2cccs2)c1.Cc1cccc(-c2ccncc2)c1.Cc1cccc(C(F)(F)F)c1.Cc1cccc(CO)c1. The number of rotatable bonds is 9. The predicted molar refractivity (Wildman–Crippen MR) is 535 cm³/mol. The number of benzene rings is 12. The number of hydrogen-bond donors (Lipinski definition) is 2. The molecule has 654 valence electrons. The Labute approximate surface area is 750 Å². The molecule has 0 amide bonds. The van der Waals surface area contributed by atoms with E-state index in [-0.39, 0.29) is 18.6 Å². The first kappa shape index (κ1) is 105. The van der Waals surface area contributed by atoms with Gasteiger partial charge in [-0.2, -0.15) is 13.2 Å². The summed E-state index contributed by atoms with van der Waals surface area (Å²) in [7, 11) is 0. The van der Waals surface area contributed by atoms with Gasteiger partial charge in [0, 0.05) is 36.0 Å². The molecule has 2 N–H and O–H groups in total. The monoisotopic (exact) mass is 1680 g/mol. The van der Waals surface area contributed by atoms with Crippen LogP contribution in [-0.2, 0) is 31.2 Å². The highest BCUT2D eigenvalue weighted by Gasteiger charge is 2.30. The van der Waals surface area contributed by atoms with Gasteiger partial charge in [-0.15, -0.1) is 11.3 Å². The van der Waals surface area contributed by atoms with E-state index in [9.17, 15) is 13.2 Å². The van der Waals surface area contributed by atoms with E-state index in [1.165, 1.54) is 160 Å². The lowest BCUT2D eigenvalue weighted by Crippen LogP contribution is -2.29. The van der Waals surface area contributed by atoms with Crippen LogP contribution in [0.15, 0.2) is 340 Å². The van der Waals surface area contributed by atoms with Crippen molar-refractivity contribution >= 4 is 23.1 Å². The fourth-order valence-corrected chi connectivity index (χ4v) is 12.7. The van der Waals surface area contributed by atoms with Gasteiger partial charge in [0.25, 0.3) is 0 Å². The van der Waals surface area contributed by atoms with Gasteiger partial charge in [0.05, 0.1) is 18.8 Å². The first-order valence-electron chi connectivity index (χ1n) is 43.4. The maximum absolute atomic E-state index is 12.0. The van der Waals surface area contributed by atoms with Crippen molar-refractivity contribution in [1.29, 1.82) is 0 Å². The number of nitrogens with zero attached hydrogens (tertiary/aromatic N) is 2. The highest BCUT2D eigenvalue weighted by atomic mass is 32.1. The quantitative estimate of drug-likeness (QED) is 0.151. The van der Waals surface area contributed by atoms with Crippen LogP contribution in [0.3, 0.4) is 0 Å². The molecule has 0 aliphatic carbocycles. The van der Waals surface area contributed by atoms with Crippen LogP contribution in [0.5, 0.6) is 0 Å². The lowest BCUT2D eigenvalue weighted by atomic mass is 9.87. The molecule has 0 saturated carbocycles. The fourth-order valence-electron chi connectivity index (χ4n) is 12.0. The number of piperidine rings is 1. The van der Waals surface area contributed by atoms with Crippen LogP contribution >= 0.6 is 11.3 Å². The van der Waals surface area contributed by atoms with E-state index in [1.54, 1.807) is 24.3 Å². The van der Waals surface area contributed by atoms with Crippen molar-refractivity contribution in [2.45, 2.75) is 208 Å². The number of aryl methyl sites for hydroxylation is 14. The molecule has 124 heavy (non-hydrogen) atoms. The molecular formula is C116H141F3N2O2S. The molecule has 0 unspecified atom stereocenters. The highest BCUT2D eigenvalue weighted by molar-refractivity contribution is 7.13. The Morgan fingerprint density at radius 3 is 1.08 bits per heavy atom. The Bertz CT molecular complexity index is 5010. The van der Waals surface area contributed by atoms with Gasteiger partial charge in [0.1, 0.15) is 0 Å². The lowest BCUT2D eigenvalue weighted by Gasteiger charge is -2.28. The van der Waals surface area contributed by atoms with Crippen LogP contribution in [0.4, 0.5) is 18.9 Å². The number of halogens is 3. The molecule has 12 aromatic carbocycles. The maximum atomic E-state index is 12.0. The zero-order valence-electron chi connectivity index (χ0n) is 78.2.